The molecule has 7 nitrogen and oxygen atoms in total. The van der Waals surface area contributed by atoms with Gasteiger partial charge in [0.15, 0.2) is 0 Å². The van der Waals surface area contributed by atoms with E-state index in [0.717, 1.165) is 50.3 Å². The number of benzene rings is 1. The zero-order valence-corrected chi connectivity index (χ0v) is 13.9. The number of nitrogens with one attached hydrogen (secondary N) is 2. The normalized spacial score (nSPS) is 15.5. The molecule has 0 bridgehead atoms. The second-order valence-corrected chi connectivity index (χ2v) is 6.17. The van der Waals surface area contributed by atoms with E-state index in [1.807, 2.05) is 41.2 Å². The number of hydrogen-bond acceptors (Lipinski definition) is 4. The molecule has 130 valence electrons. The molecule has 0 unspecified atom stereocenters. The number of carbonyl (C=O) groups excluding carboxylic acids is 1. The van der Waals surface area contributed by atoms with E-state index < -0.39 is 0 Å². The largest absolute Gasteiger partial charge is 0.379 e. The molecule has 0 radical (unpaired) electrons. The van der Waals surface area contributed by atoms with Gasteiger partial charge < -0.3 is 15.0 Å². The molecule has 1 amide bonds. The van der Waals surface area contributed by atoms with E-state index in [1.54, 1.807) is 6.20 Å². The van der Waals surface area contributed by atoms with Gasteiger partial charge in [-0.3, -0.25) is 14.4 Å². The summed E-state index contributed by atoms with van der Waals surface area (Å²) in [5, 5.41) is 8.24. The highest BCUT2D eigenvalue weighted by Crippen LogP contribution is 2.16. The summed E-state index contributed by atoms with van der Waals surface area (Å²) in [7, 11) is 0. The predicted octanol–water partition coefficient (Wildman–Crippen LogP) is 1.95. The Labute approximate surface area is 145 Å². The van der Waals surface area contributed by atoms with Crippen molar-refractivity contribution < 1.29 is 9.53 Å². The number of amides is 1. The van der Waals surface area contributed by atoms with Gasteiger partial charge in [-0.15, -0.1) is 0 Å². The van der Waals surface area contributed by atoms with Gasteiger partial charge in [0.25, 0.3) is 5.91 Å². The summed E-state index contributed by atoms with van der Waals surface area (Å²) in [5.41, 5.74) is 2.20. The first-order valence-electron chi connectivity index (χ1n) is 8.49. The highest BCUT2D eigenvalue weighted by atomic mass is 16.5. The first kappa shape index (κ1) is 15.9. The molecule has 25 heavy (non-hydrogen) atoms. The first-order valence-corrected chi connectivity index (χ1v) is 8.49. The van der Waals surface area contributed by atoms with Crippen LogP contribution in [-0.2, 0) is 11.3 Å². The van der Waals surface area contributed by atoms with Crippen molar-refractivity contribution in [2.75, 3.05) is 38.2 Å². The number of ether oxygens (including phenoxy) is 1. The Kier molecular flexibility index (Phi) is 4.49. The average Bonchev–Trinajstić information content (AvgIpc) is 3.27. The van der Waals surface area contributed by atoms with Gasteiger partial charge in [-0.25, -0.2) is 0 Å². The molecule has 1 saturated heterocycles. The van der Waals surface area contributed by atoms with Crippen LogP contribution in [0, 0.1) is 0 Å². The van der Waals surface area contributed by atoms with Crippen LogP contribution < -0.4 is 5.32 Å². The van der Waals surface area contributed by atoms with Gasteiger partial charge in [0.05, 0.1) is 31.6 Å². The van der Waals surface area contributed by atoms with Crippen LogP contribution in [0.5, 0.6) is 0 Å². The third-order valence-electron chi connectivity index (χ3n) is 4.41. The van der Waals surface area contributed by atoms with Gasteiger partial charge in [-0.2, -0.15) is 5.10 Å². The molecule has 1 aliphatic rings. The molecule has 1 aromatic carbocycles. The van der Waals surface area contributed by atoms with Crippen molar-refractivity contribution in [3.05, 3.63) is 48.4 Å². The number of anilines is 1. The third-order valence-corrected chi connectivity index (χ3v) is 4.41. The maximum absolute atomic E-state index is 12.4. The zero-order chi connectivity index (χ0) is 17.1. The highest BCUT2D eigenvalue weighted by Gasteiger charge is 2.12. The molecular formula is C18H21N5O2. The first-order chi connectivity index (χ1) is 12.3. The van der Waals surface area contributed by atoms with Gasteiger partial charge >= 0.3 is 0 Å². The van der Waals surface area contributed by atoms with E-state index in [9.17, 15) is 4.79 Å². The van der Waals surface area contributed by atoms with Gasteiger partial charge in [0, 0.05) is 36.7 Å². The fourth-order valence-electron chi connectivity index (χ4n) is 3.01. The summed E-state index contributed by atoms with van der Waals surface area (Å²) in [5.74, 6) is -0.163. The van der Waals surface area contributed by atoms with Crippen LogP contribution in [0.4, 0.5) is 5.69 Å². The maximum atomic E-state index is 12.4. The smallest absolute Gasteiger partial charge is 0.272 e. The fraction of sp³-hybridized carbons (Fsp3) is 0.333. The number of hydrogen-bond donors (Lipinski definition) is 2. The SMILES string of the molecule is O=C(Nc1cnn(CCN2CCOCC2)c1)c1cc2ccccc2[nH]1. The Bertz CT molecular complexity index is 830. The summed E-state index contributed by atoms with van der Waals surface area (Å²) in [6.45, 7) is 5.25. The summed E-state index contributed by atoms with van der Waals surface area (Å²) in [6.07, 6.45) is 3.54. The highest BCUT2D eigenvalue weighted by molar-refractivity contribution is 6.05. The van der Waals surface area contributed by atoms with Crippen molar-refractivity contribution in [3.8, 4) is 0 Å². The predicted molar refractivity (Wildman–Crippen MR) is 95.7 cm³/mol. The third kappa shape index (κ3) is 3.72. The van der Waals surface area contributed by atoms with Crippen molar-refractivity contribution in [1.29, 1.82) is 0 Å². The maximum Gasteiger partial charge on any atom is 0.272 e. The lowest BCUT2D eigenvalue weighted by atomic mass is 10.2. The monoisotopic (exact) mass is 339 g/mol. The lowest BCUT2D eigenvalue weighted by Gasteiger charge is -2.26. The minimum absolute atomic E-state index is 0.163. The molecule has 7 heteroatoms. The van der Waals surface area contributed by atoms with E-state index in [-0.39, 0.29) is 5.91 Å². The Hall–Kier alpha value is -2.64. The Morgan fingerprint density at radius 2 is 2.08 bits per heavy atom. The number of H-pyrrole nitrogens is 1. The Morgan fingerprint density at radius 3 is 2.92 bits per heavy atom. The number of nitrogens with zero attached hydrogens (tertiary/aromatic N) is 3. The fourth-order valence-corrected chi connectivity index (χ4v) is 3.01. The average molecular weight is 339 g/mol. The van der Waals surface area contributed by atoms with Crippen molar-refractivity contribution in [2.24, 2.45) is 0 Å². The molecule has 1 aliphatic heterocycles. The van der Waals surface area contributed by atoms with Gasteiger partial charge in [0.1, 0.15) is 5.69 Å². The van der Waals surface area contributed by atoms with E-state index in [4.69, 9.17) is 4.74 Å². The van der Waals surface area contributed by atoms with Crippen LogP contribution in [0.15, 0.2) is 42.7 Å². The van der Waals surface area contributed by atoms with Gasteiger partial charge in [-0.1, -0.05) is 18.2 Å². The zero-order valence-electron chi connectivity index (χ0n) is 13.9. The summed E-state index contributed by atoms with van der Waals surface area (Å²) in [4.78, 5) is 17.9. The molecular weight excluding hydrogens is 318 g/mol. The number of para-hydroxylation sites is 1. The lowest BCUT2D eigenvalue weighted by molar-refractivity contribution is 0.0360. The number of carbonyl (C=O) groups is 1. The van der Waals surface area contributed by atoms with Crippen molar-refractivity contribution in [3.63, 3.8) is 0 Å². The number of rotatable bonds is 5. The van der Waals surface area contributed by atoms with Crippen molar-refractivity contribution >= 4 is 22.5 Å². The standard InChI is InChI=1S/C18H21N5O2/c24-18(17-11-14-3-1-2-4-16(14)21-17)20-15-12-19-23(13-15)6-5-22-7-9-25-10-8-22/h1-4,11-13,21H,5-10H2,(H,20,24). The lowest BCUT2D eigenvalue weighted by Crippen LogP contribution is -2.38. The molecule has 2 N–H and O–H groups in total. The molecule has 2 aromatic heterocycles. The number of aromatic amines is 1. The van der Waals surface area contributed by atoms with Crippen LogP contribution in [0.25, 0.3) is 10.9 Å². The quantitative estimate of drug-likeness (QED) is 0.745. The summed E-state index contributed by atoms with van der Waals surface area (Å²) < 4.78 is 7.21. The number of aromatic nitrogens is 3. The molecule has 3 heterocycles. The second-order valence-electron chi connectivity index (χ2n) is 6.17. The molecule has 1 fully saturated rings. The van der Waals surface area contributed by atoms with Crippen LogP contribution in [-0.4, -0.2) is 58.4 Å². The Morgan fingerprint density at radius 1 is 1.24 bits per heavy atom. The van der Waals surface area contributed by atoms with Gasteiger partial charge in [-0.05, 0) is 12.1 Å². The summed E-state index contributed by atoms with van der Waals surface area (Å²) >= 11 is 0. The second kappa shape index (κ2) is 7.08. The van der Waals surface area contributed by atoms with Crippen LogP contribution in [0.1, 0.15) is 10.5 Å². The van der Waals surface area contributed by atoms with E-state index in [0.29, 0.717) is 11.4 Å². The van der Waals surface area contributed by atoms with Gasteiger partial charge in [0.2, 0.25) is 0 Å². The molecule has 0 saturated carbocycles. The van der Waals surface area contributed by atoms with Crippen LogP contribution in [0.3, 0.4) is 0 Å². The molecule has 0 aliphatic carbocycles. The van der Waals surface area contributed by atoms with Crippen molar-refractivity contribution in [1.82, 2.24) is 19.7 Å². The topological polar surface area (TPSA) is 75.2 Å². The minimum Gasteiger partial charge on any atom is -0.379 e. The molecule has 4 rings (SSSR count). The Balaban J connectivity index is 1.36. The molecule has 0 spiro atoms. The summed E-state index contributed by atoms with van der Waals surface area (Å²) in [6, 6.07) is 9.69. The minimum atomic E-state index is -0.163. The van der Waals surface area contributed by atoms with Crippen LogP contribution >= 0.6 is 0 Å². The number of morpholine rings is 1. The van der Waals surface area contributed by atoms with E-state index >= 15 is 0 Å². The van der Waals surface area contributed by atoms with Crippen LogP contribution in [0.2, 0.25) is 0 Å². The molecule has 0 atom stereocenters. The molecule has 3 aromatic rings. The van der Waals surface area contributed by atoms with E-state index in [2.05, 4.69) is 20.3 Å². The van der Waals surface area contributed by atoms with E-state index in [1.165, 1.54) is 0 Å². The van der Waals surface area contributed by atoms with Crippen molar-refractivity contribution in [2.45, 2.75) is 6.54 Å². The number of fused-ring (bicyclic) bond motifs is 1.